The van der Waals surface area contributed by atoms with Gasteiger partial charge in [-0.3, -0.25) is 9.59 Å². The minimum Gasteiger partial charge on any atom is -0.375 e. The Morgan fingerprint density at radius 1 is 1.46 bits per heavy atom. The van der Waals surface area contributed by atoms with E-state index in [1.807, 2.05) is 19.1 Å². The molecule has 3 heterocycles. The lowest BCUT2D eigenvalue weighted by Crippen LogP contribution is -2.41. The third-order valence-corrected chi connectivity index (χ3v) is 3.89. The Morgan fingerprint density at radius 3 is 3.04 bits per heavy atom. The number of nitrogens with one attached hydrogen (secondary N) is 2. The van der Waals surface area contributed by atoms with Crippen LogP contribution in [0, 0.1) is 0 Å². The van der Waals surface area contributed by atoms with Crippen molar-refractivity contribution in [3.05, 3.63) is 58.1 Å². The predicted molar refractivity (Wildman–Crippen MR) is 90.1 cm³/mol. The molecule has 24 heavy (non-hydrogen) atoms. The van der Waals surface area contributed by atoms with Crippen LogP contribution in [0.15, 0.2) is 41.5 Å². The number of hydrogen-bond donors (Lipinski definition) is 2. The maximum absolute atomic E-state index is 12.0. The van der Waals surface area contributed by atoms with Crippen LogP contribution >= 0.6 is 0 Å². The molecule has 2 aromatic rings. The number of nitrogens with zero attached hydrogens (tertiary/aromatic N) is 2. The van der Waals surface area contributed by atoms with E-state index in [0.29, 0.717) is 13.2 Å². The Balaban J connectivity index is 1.59. The Bertz CT molecular complexity index is 757. The Labute approximate surface area is 139 Å². The van der Waals surface area contributed by atoms with Gasteiger partial charge in [0.2, 0.25) is 0 Å². The van der Waals surface area contributed by atoms with Gasteiger partial charge in [0.15, 0.2) is 0 Å². The van der Waals surface area contributed by atoms with Crippen LogP contribution < -0.4 is 15.8 Å². The molecule has 1 atom stereocenters. The minimum atomic E-state index is -0.400. The van der Waals surface area contributed by atoms with E-state index >= 15 is 0 Å². The average molecular weight is 328 g/mol. The number of aromatic nitrogens is 2. The third kappa shape index (κ3) is 3.80. The van der Waals surface area contributed by atoms with Crippen molar-refractivity contribution < 1.29 is 9.53 Å². The van der Waals surface area contributed by atoms with Gasteiger partial charge in [0.25, 0.3) is 11.5 Å². The van der Waals surface area contributed by atoms with Gasteiger partial charge in [-0.2, -0.15) is 0 Å². The molecule has 1 saturated heterocycles. The van der Waals surface area contributed by atoms with Gasteiger partial charge in [-0.1, -0.05) is 6.07 Å². The lowest BCUT2D eigenvalue weighted by atomic mass is 10.2. The predicted octanol–water partition coefficient (Wildman–Crippen LogP) is 0.925. The van der Waals surface area contributed by atoms with E-state index in [2.05, 4.69) is 20.2 Å². The second-order valence-electron chi connectivity index (χ2n) is 5.75. The summed E-state index contributed by atoms with van der Waals surface area (Å²) in [5.74, 6) is 0.502. The summed E-state index contributed by atoms with van der Waals surface area (Å²) in [4.78, 5) is 32.7. The van der Waals surface area contributed by atoms with Crippen molar-refractivity contribution in [3.8, 4) is 0 Å². The number of H-pyrrole nitrogens is 1. The lowest BCUT2D eigenvalue weighted by molar-refractivity contribution is 0.0529. The monoisotopic (exact) mass is 328 g/mol. The number of ether oxygens (including phenoxy) is 1. The summed E-state index contributed by atoms with van der Waals surface area (Å²) in [7, 11) is 0. The molecule has 1 fully saturated rings. The SMILES string of the molecule is C[C@@H]1CN(c2ccc(CNC(=O)c3ccc[nH]c3=O)cn2)CCO1. The van der Waals surface area contributed by atoms with Crippen molar-refractivity contribution in [2.24, 2.45) is 0 Å². The van der Waals surface area contributed by atoms with Crippen molar-refractivity contribution in [1.82, 2.24) is 15.3 Å². The summed E-state index contributed by atoms with van der Waals surface area (Å²) >= 11 is 0. The smallest absolute Gasteiger partial charge is 0.260 e. The molecule has 1 amide bonds. The summed E-state index contributed by atoms with van der Waals surface area (Å²) in [6, 6.07) is 6.98. The molecule has 0 bridgehead atoms. The van der Waals surface area contributed by atoms with Gasteiger partial charge in [0.05, 0.1) is 12.7 Å². The zero-order valence-electron chi connectivity index (χ0n) is 13.5. The number of pyridine rings is 2. The quantitative estimate of drug-likeness (QED) is 0.872. The van der Waals surface area contributed by atoms with E-state index in [0.717, 1.165) is 24.5 Å². The van der Waals surface area contributed by atoms with Gasteiger partial charge in [-0.25, -0.2) is 4.98 Å². The van der Waals surface area contributed by atoms with E-state index in [1.165, 1.54) is 12.3 Å². The van der Waals surface area contributed by atoms with Gasteiger partial charge in [-0.05, 0) is 30.7 Å². The molecule has 1 aliphatic heterocycles. The molecule has 2 N–H and O–H groups in total. The van der Waals surface area contributed by atoms with Crippen molar-refractivity contribution in [1.29, 1.82) is 0 Å². The van der Waals surface area contributed by atoms with Gasteiger partial charge >= 0.3 is 0 Å². The van der Waals surface area contributed by atoms with Gasteiger partial charge in [0, 0.05) is 32.0 Å². The highest BCUT2D eigenvalue weighted by Gasteiger charge is 2.17. The standard InChI is InChI=1S/C17H20N4O3/c1-12-11-21(7-8-24-12)15-5-4-13(9-19-15)10-20-17(23)14-3-2-6-18-16(14)22/h2-6,9,12H,7-8,10-11H2,1H3,(H,18,22)(H,20,23)/t12-/m1/s1. The summed E-state index contributed by atoms with van der Waals surface area (Å²) in [5, 5.41) is 2.73. The first-order valence-corrected chi connectivity index (χ1v) is 7.91. The number of rotatable bonds is 4. The molecule has 0 spiro atoms. The maximum atomic E-state index is 12.0. The molecule has 0 saturated carbocycles. The molecule has 7 nitrogen and oxygen atoms in total. The zero-order chi connectivity index (χ0) is 16.9. The van der Waals surface area contributed by atoms with Crippen LogP contribution in [0.1, 0.15) is 22.8 Å². The minimum absolute atomic E-state index is 0.101. The summed E-state index contributed by atoms with van der Waals surface area (Å²) in [5.41, 5.74) is 0.579. The summed E-state index contributed by atoms with van der Waals surface area (Å²) in [6.45, 7) is 4.71. The number of amides is 1. The summed E-state index contributed by atoms with van der Waals surface area (Å²) < 4.78 is 5.52. The van der Waals surface area contributed by atoms with Crippen molar-refractivity contribution in [2.45, 2.75) is 19.6 Å². The van der Waals surface area contributed by atoms with Crippen molar-refractivity contribution >= 4 is 11.7 Å². The second-order valence-corrected chi connectivity index (χ2v) is 5.75. The average Bonchev–Trinajstić information content (AvgIpc) is 2.60. The molecular formula is C17H20N4O3. The molecule has 126 valence electrons. The Kier molecular flexibility index (Phi) is 4.90. The highest BCUT2D eigenvalue weighted by atomic mass is 16.5. The van der Waals surface area contributed by atoms with Crippen LogP contribution in [0.3, 0.4) is 0 Å². The van der Waals surface area contributed by atoms with Crippen molar-refractivity contribution in [2.75, 3.05) is 24.6 Å². The van der Waals surface area contributed by atoms with E-state index in [-0.39, 0.29) is 11.7 Å². The number of anilines is 1. The van der Waals surface area contributed by atoms with Gasteiger partial charge in [-0.15, -0.1) is 0 Å². The van der Waals surface area contributed by atoms with Crippen molar-refractivity contribution in [3.63, 3.8) is 0 Å². The zero-order valence-corrected chi connectivity index (χ0v) is 13.5. The van der Waals surface area contributed by atoms with Crippen LogP contribution in [-0.4, -0.2) is 41.7 Å². The second kappa shape index (κ2) is 7.27. The molecule has 0 unspecified atom stereocenters. The first-order chi connectivity index (χ1) is 11.6. The third-order valence-electron chi connectivity index (χ3n) is 3.89. The fraction of sp³-hybridized carbons (Fsp3) is 0.353. The number of aromatic amines is 1. The maximum Gasteiger partial charge on any atom is 0.260 e. The van der Waals surface area contributed by atoms with Gasteiger partial charge < -0.3 is 19.9 Å². The van der Waals surface area contributed by atoms with E-state index < -0.39 is 11.5 Å². The Morgan fingerprint density at radius 2 is 2.33 bits per heavy atom. The fourth-order valence-corrected chi connectivity index (χ4v) is 2.61. The first-order valence-electron chi connectivity index (χ1n) is 7.91. The highest BCUT2D eigenvalue weighted by molar-refractivity contribution is 5.93. The largest absolute Gasteiger partial charge is 0.375 e. The summed E-state index contributed by atoms with van der Waals surface area (Å²) in [6.07, 6.45) is 3.43. The topological polar surface area (TPSA) is 87.3 Å². The molecule has 0 radical (unpaired) electrons. The van der Waals surface area contributed by atoms with Crippen LogP contribution in [0.25, 0.3) is 0 Å². The number of morpholine rings is 1. The highest BCUT2D eigenvalue weighted by Crippen LogP contribution is 2.15. The molecule has 3 rings (SSSR count). The first kappa shape index (κ1) is 16.2. The number of carbonyl (C=O) groups is 1. The molecule has 7 heteroatoms. The lowest BCUT2D eigenvalue weighted by Gasteiger charge is -2.32. The Hall–Kier alpha value is -2.67. The molecule has 0 aromatic carbocycles. The fourth-order valence-electron chi connectivity index (χ4n) is 2.61. The van der Waals surface area contributed by atoms with Crippen LogP contribution in [0.5, 0.6) is 0 Å². The van der Waals surface area contributed by atoms with E-state index in [1.54, 1.807) is 12.3 Å². The van der Waals surface area contributed by atoms with Crippen LogP contribution in [0.2, 0.25) is 0 Å². The molecular weight excluding hydrogens is 308 g/mol. The molecule has 1 aliphatic rings. The van der Waals surface area contributed by atoms with Gasteiger partial charge in [0.1, 0.15) is 11.4 Å². The van der Waals surface area contributed by atoms with Crippen LogP contribution in [0.4, 0.5) is 5.82 Å². The number of hydrogen-bond acceptors (Lipinski definition) is 5. The van der Waals surface area contributed by atoms with E-state index in [4.69, 9.17) is 4.74 Å². The normalized spacial score (nSPS) is 17.5. The molecule has 0 aliphatic carbocycles. The van der Waals surface area contributed by atoms with E-state index in [9.17, 15) is 9.59 Å². The molecule has 2 aromatic heterocycles. The van der Waals surface area contributed by atoms with Crippen LogP contribution in [-0.2, 0) is 11.3 Å². The number of carbonyl (C=O) groups excluding carboxylic acids is 1.